The van der Waals surface area contributed by atoms with Gasteiger partial charge in [0.05, 0.1) is 0 Å². The van der Waals surface area contributed by atoms with E-state index in [1.165, 1.54) is 16.8 Å². The first-order chi connectivity index (χ1) is 12.2. The molecule has 1 fully saturated rings. The molecule has 0 bridgehead atoms. The van der Waals surface area contributed by atoms with Gasteiger partial charge in [0, 0.05) is 31.4 Å². The standard InChI is InChI=1S/C21H25N3O/c1-17-4-2-3-5-21(17)23-19-10-13-24(14-11-19)16-18-6-8-20(9-7-18)25-15-12-22/h2-9,19,23H,10-11,13-16H2,1H3. The third-order valence-electron chi connectivity index (χ3n) is 4.73. The zero-order chi connectivity index (χ0) is 17.5. The molecule has 130 valence electrons. The molecule has 2 aromatic carbocycles. The van der Waals surface area contributed by atoms with Crippen LogP contribution in [0.2, 0.25) is 0 Å². The lowest BCUT2D eigenvalue weighted by molar-refractivity contribution is 0.211. The average molecular weight is 335 g/mol. The van der Waals surface area contributed by atoms with Gasteiger partial charge in [-0.05, 0) is 49.1 Å². The molecule has 0 radical (unpaired) electrons. The Morgan fingerprint density at radius 3 is 2.52 bits per heavy atom. The number of ether oxygens (including phenoxy) is 1. The second-order valence-electron chi connectivity index (χ2n) is 6.60. The molecule has 25 heavy (non-hydrogen) atoms. The molecule has 1 aliphatic rings. The third kappa shape index (κ3) is 4.98. The van der Waals surface area contributed by atoms with Crippen molar-refractivity contribution in [2.45, 2.75) is 32.4 Å². The maximum atomic E-state index is 8.54. The van der Waals surface area contributed by atoms with Crippen molar-refractivity contribution in [2.24, 2.45) is 0 Å². The van der Waals surface area contributed by atoms with Crippen molar-refractivity contribution < 1.29 is 4.74 Å². The lowest BCUT2D eigenvalue weighted by Crippen LogP contribution is -2.38. The smallest absolute Gasteiger partial charge is 0.174 e. The number of rotatable bonds is 6. The van der Waals surface area contributed by atoms with Gasteiger partial charge in [-0.1, -0.05) is 30.3 Å². The predicted molar refractivity (Wildman–Crippen MR) is 101 cm³/mol. The average Bonchev–Trinajstić information content (AvgIpc) is 2.65. The number of anilines is 1. The van der Waals surface area contributed by atoms with Crippen LogP contribution >= 0.6 is 0 Å². The summed E-state index contributed by atoms with van der Waals surface area (Å²) in [6.07, 6.45) is 2.33. The molecule has 1 heterocycles. The van der Waals surface area contributed by atoms with E-state index in [0.29, 0.717) is 6.04 Å². The number of nitriles is 1. The van der Waals surface area contributed by atoms with Crippen molar-refractivity contribution in [1.29, 1.82) is 5.26 Å². The third-order valence-corrected chi connectivity index (χ3v) is 4.73. The van der Waals surface area contributed by atoms with Gasteiger partial charge in [-0.2, -0.15) is 5.26 Å². The Hall–Kier alpha value is -2.51. The lowest BCUT2D eigenvalue weighted by Gasteiger charge is -2.33. The van der Waals surface area contributed by atoms with Crippen molar-refractivity contribution in [3.63, 3.8) is 0 Å². The highest BCUT2D eigenvalue weighted by atomic mass is 16.5. The number of nitrogens with one attached hydrogen (secondary N) is 1. The second kappa shape index (κ2) is 8.55. The van der Waals surface area contributed by atoms with E-state index in [2.05, 4.69) is 53.5 Å². The second-order valence-corrected chi connectivity index (χ2v) is 6.60. The molecule has 0 spiro atoms. The van der Waals surface area contributed by atoms with E-state index < -0.39 is 0 Å². The molecule has 0 aromatic heterocycles. The summed E-state index contributed by atoms with van der Waals surface area (Å²) < 4.78 is 5.30. The predicted octanol–water partition coefficient (Wildman–Crippen LogP) is 3.97. The Balaban J connectivity index is 1.46. The van der Waals surface area contributed by atoms with Gasteiger partial charge < -0.3 is 10.1 Å². The van der Waals surface area contributed by atoms with Gasteiger partial charge in [-0.15, -0.1) is 0 Å². The van der Waals surface area contributed by atoms with Crippen molar-refractivity contribution in [3.05, 3.63) is 59.7 Å². The van der Waals surface area contributed by atoms with Gasteiger partial charge in [-0.25, -0.2) is 0 Å². The molecular weight excluding hydrogens is 310 g/mol. The van der Waals surface area contributed by atoms with Crippen LogP contribution in [-0.2, 0) is 6.54 Å². The zero-order valence-electron chi connectivity index (χ0n) is 14.7. The summed E-state index contributed by atoms with van der Waals surface area (Å²) >= 11 is 0. The Kier molecular flexibility index (Phi) is 5.92. The van der Waals surface area contributed by atoms with Crippen LogP contribution in [0.4, 0.5) is 5.69 Å². The van der Waals surface area contributed by atoms with Crippen LogP contribution < -0.4 is 10.1 Å². The SMILES string of the molecule is Cc1ccccc1NC1CCN(Cc2ccc(OCC#N)cc2)CC1. The van der Waals surface area contributed by atoms with Crippen molar-refractivity contribution in [2.75, 3.05) is 25.0 Å². The fraction of sp³-hybridized carbons (Fsp3) is 0.381. The van der Waals surface area contributed by atoms with Gasteiger partial charge >= 0.3 is 0 Å². The summed E-state index contributed by atoms with van der Waals surface area (Å²) in [5.74, 6) is 0.756. The molecule has 4 nitrogen and oxygen atoms in total. The van der Waals surface area contributed by atoms with E-state index in [1.807, 2.05) is 18.2 Å². The minimum Gasteiger partial charge on any atom is -0.479 e. The first-order valence-electron chi connectivity index (χ1n) is 8.88. The molecule has 4 heteroatoms. The van der Waals surface area contributed by atoms with Crippen LogP contribution in [0, 0.1) is 18.3 Å². The highest BCUT2D eigenvalue weighted by Gasteiger charge is 2.19. The van der Waals surface area contributed by atoms with E-state index in [0.717, 1.165) is 38.2 Å². The van der Waals surface area contributed by atoms with Crippen LogP contribution in [0.3, 0.4) is 0 Å². The van der Waals surface area contributed by atoms with E-state index >= 15 is 0 Å². The first-order valence-corrected chi connectivity index (χ1v) is 8.88. The Labute approximate surface area is 150 Å². The first kappa shape index (κ1) is 17.3. The van der Waals surface area contributed by atoms with Crippen LogP contribution in [0.5, 0.6) is 5.75 Å². The molecule has 1 N–H and O–H groups in total. The quantitative estimate of drug-likeness (QED) is 0.867. The fourth-order valence-corrected chi connectivity index (χ4v) is 3.26. The maximum absolute atomic E-state index is 8.54. The summed E-state index contributed by atoms with van der Waals surface area (Å²) in [5, 5.41) is 12.2. The summed E-state index contributed by atoms with van der Waals surface area (Å²) in [5.41, 5.74) is 3.85. The van der Waals surface area contributed by atoms with Gasteiger partial charge in [0.15, 0.2) is 6.61 Å². The Bertz CT molecular complexity index is 713. The number of likely N-dealkylation sites (tertiary alicyclic amines) is 1. The largest absolute Gasteiger partial charge is 0.479 e. The summed E-state index contributed by atoms with van der Waals surface area (Å²) in [6, 6.07) is 19.1. The number of hydrogen-bond acceptors (Lipinski definition) is 4. The minimum absolute atomic E-state index is 0.0980. The van der Waals surface area contributed by atoms with E-state index in [4.69, 9.17) is 10.00 Å². The number of para-hydroxylation sites is 1. The maximum Gasteiger partial charge on any atom is 0.174 e. The van der Waals surface area contributed by atoms with Crippen molar-refractivity contribution >= 4 is 5.69 Å². The van der Waals surface area contributed by atoms with Crippen LogP contribution in [0.15, 0.2) is 48.5 Å². The highest BCUT2D eigenvalue weighted by molar-refractivity contribution is 5.51. The molecule has 0 atom stereocenters. The topological polar surface area (TPSA) is 48.3 Å². The number of benzene rings is 2. The molecule has 0 amide bonds. The van der Waals surface area contributed by atoms with Gasteiger partial charge in [0.2, 0.25) is 0 Å². The number of aryl methyl sites for hydroxylation is 1. The number of piperidine rings is 1. The molecule has 2 aromatic rings. The number of hydrogen-bond donors (Lipinski definition) is 1. The Morgan fingerprint density at radius 2 is 1.84 bits per heavy atom. The molecule has 0 unspecified atom stereocenters. The molecule has 0 saturated carbocycles. The van der Waals surface area contributed by atoms with Crippen molar-refractivity contribution in [1.82, 2.24) is 4.90 Å². The number of nitrogens with zero attached hydrogens (tertiary/aromatic N) is 2. The highest BCUT2D eigenvalue weighted by Crippen LogP contribution is 2.21. The minimum atomic E-state index is 0.0980. The monoisotopic (exact) mass is 335 g/mol. The van der Waals surface area contributed by atoms with Crippen LogP contribution in [0.1, 0.15) is 24.0 Å². The zero-order valence-corrected chi connectivity index (χ0v) is 14.7. The normalized spacial score (nSPS) is 15.5. The Morgan fingerprint density at radius 1 is 1.12 bits per heavy atom. The molecular formula is C21H25N3O. The lowest BCUT2D eigenvalue weighted by atomic mass is 10.0. The van der Waals surface area contributed by atoms with Gasteiger partial charge in [-0.3, -0.25) is 4.90 Å². The van der Waals surface area contributed by atoms with Crippen LogP contribution in [0.25, 0.3) is 0 Å². The summed E-state index contributed by atoms with van der Waals surface area (Å²) in [6.45, 7) is 5.43. The molecule has 1 aliphatic heterocycles. The summed E-state index contributed by atoms with van der Waals surface area (Å²) in [7, 11) is 0. The molecule has 3 rings (SSSR count). The van der Waals surface area contributed by atoms with E-state index in [9.17, 15) is 0 Å². The molecule has 0 aliphatic carbocycles. The van der Waals surface area contributed by atoms with E-state index in [1.54, 1.807) is 0 Å². The van der Waals surface area contributed by atoms with Crippen molar-refractivity contribution in [3.8, 4) is 11.8 Å². The summed E-state index contributed by atoms with van der Waals surface area (Å²) in [4.78, 5) is 2.50. The van der Waals surface area contributed by atoms with Crippen LogP contribution in [-0.4, -0.2) is 30.6 Å². The fourth-order valence-electron chi connectivity index (χ4n) is 3.26. The van der Waals surface area contributed by atoms with Gasteiger partial charge in [0.1, 0.15) is 11.8 Å². The molecule has 1 saturated heterocycles. The van der Waals surface area contributed by atoms with E-state index in [-0.39, 0.29) is 6.61 Å². The van der Waals surface area contributed by atoms with Gasteiger partial charge in [0.25, 0.3) is 0 Å².